The minimum Gasteiger partial charge on any atom is -0.417 e. The van der Waals surface area contributed by atoms with E-state index in [2.05, 4.69) is 38.6 Å². The van der Waals surface area contributed by atoms with Crippen molar-refractivity contribution < 1.29 is 4.65 Å². The van der Waals surface area contributed by atoms with Crippen molar-refractivity contribution in [1.29, 1.82) is 5.26 Å². The summed E-state index contributed by atoms with van der Waals surface area (Å²) in [6.45, 7) is 13.4. The van der Waals surface area contributed by atoms with Crippen LogP contribution in [0.25, 0.3) is 0 Å². The van der Waals surface area contributed by atoms with Gasteiger partial charge in [-0.15, -0.1) is 0 Å². The van der Waals surface area contributed by atoms with Gasteiger partial charge in [-0.3, -0.25) is 0 Å². The summed E-state index contributed by atoms with van der Waals surface area (Å²) in [5.41, 5.74) is 3.05. The first-order chi connectivity index (χ1) is 8.88. The van der Waals surface area contributed by atoms with Gasteiger partial charge in [0.25, 0.3) is 0 Å². The molecule has 0 aromatic rings. The fourth-order valence-electron chi connectivity index (χ4n) is 2.66. The molecule has 1 rings (SSSR count). The van der Waals surface area contributed by atoms with Gasteiger partial charge in [-0.1, -0.05) is 33.3 Å². The molecule has 0 spiro atoms. The third-order valence-electron chi connectivity index (χ3n) is 3.31. The lowest BCUT2D eigenvalue weighted by Crippen LogP contribution is -2.49. The summed E-state index contributed by atoms with van der Waals surface area (Å²) in [7, 11) is -0.0507. The van der Waals surface area contributed by atoms with Gasteiger partial charge in [0, 0.05) is 12.2 Å². The smallest absolute Gasteiger partial charge is 0.416 e. The Kier molecular flexibility index (Phi) is 5.84. The lowest BCUT2D eigenvalue weighted by molar-refractivity contribution is 0.236. The van der Waals surface area contributed by atoms with Crippen LogP contribution in [0.5, 0.6) is 0 Å². The zero-order valence-electron chi connectivity index (χ0n) is 13.0. The third kappa shape index (κ3) is 3.96. The van der Waals surface area contributed by atoms with Crippen molar-refractivity contribution in [1.82, 2.24) is 4.81 Å². The normalized spacial score (nSPS) is 18.2. The first kappa shape index (κ1) is 16.0. The highest BCUT2D eigenvalue weighted by atomic mass is 16.4. The van der Waals surface area contributed by atoms with Crippen molar-refractivity contribution >= 4 is 7.05 Å². The number of rotatable bonds is 4. The van der Waals surface area contributed by atoms with Crippen LogP contribution >= 0.6 is 0 Å². The fourth-order valence-corrected chi connectivity index (χ4v) is 2.66. The van der Waals surface area contributed by atoms with Gasteiger partial charge >= 0.3 is 7.05 Å². The first-order valence-corrected chi connectivity index (χ1v) is 7.05. The molecule has 1 heterocycles. The Hall–Kier alpha value is -1.05. The molecule has 1 saturated heterocycles. The van der Waals surface area contributed by atoms with E-state index in [9.17, 15) is 5.26 Å². The summed E-state index contributed by atoms with van der Waals surface area (Å²) in [6, 6.07) is 3.12. The van der Waals surface area contributed by atoms with Crippen LogP contribution in [-0.4, -0.2) is 30.6 Å². The Morgan fingerprint density at radius 2 is 1.89 bits per heavy atom. The second kappa shape index (κ2) is 6.93. The molecular formula is C15H25BN2O. The summed E-state index contributed by atoms with van der Waals surface area (Å²) < 4.78 is 5.90. The summed E-state index contributed by atoms with van der Waals surface area (Å²) in [6.07, 6.45) is 2.82. The van der Waals surface area contributed by atoms with Crippen LogP contribution < -0.4 is 0 Å². The van der Waals surface area contributed by atoms with E-state index in [-0.39, 0.29) is 7.05 Å². The largest absolute Gasteiger partial charge is 0.417 e. The summed E-state index contributed by atoms with van der Waals surface area (Å²) in [4.78, 5) is 2.33. The Bertz CT molecular complexity index is 406. The predicted molar refractivity (Wildman–Crippen MR) is 80.5 cm³/mol. The maximum Gasteiger partial charge on any atom is 0.416 e. The summed E-state index contributed by atoms with van der Waals surface area (Å²) >= 11 is 0. The molecule has 4 heteroatoms. The molecule has 0 aromatic carbocycles. The van der Waals surface area contributed by atoms with E-state index in [1.165, 1.54) is 0 Å². The molecular weight excluding hydrogens is 235 g/mol. The highest BCUT2D eigenvalue weighted by Gasteiger charge is 2.38. The van der Waals surface area contributed by atoms with Crippen LogP contribution in [-0.2, 0) is 4.65 Å². The molecule has 104 valence electrons. The van der Waals surface area contributed by atoms with Crippen LogP contribution in [0, 0.1) is 11.3 Å². The minimum atomic E-state index is -0.0507. The molecule has 1 aliphatic rings. The Balaban J connectivity index is 3.17. The van der Waals surface area contributed by atoms with Crippen LogP contribution in [0.1, 0.15) is 48.0 Å². The molecule has 1 fully saturated rings. The van der Waals surface area contributed by atoms with Crippen molar-refractivity contribution in [2.75, 3.05) is 6.61 Å². The van der Waals surface area contributed by atoms with E-state index >= 15 is 0 Å². The van der Waals surface area contributed by atoms with Crippen LogP contribution in [0.3, 0.4) is 0 Å². The first-order valence-electron chi connectivity index (χ1n) is 7.05. The van der Waals surface area contributed by atoms with Crippen molar-refractivity contribution in [2.24, 2.45) is 0 Å². The summed E-state index contributed by atoms with van der Waals surface area (Å²) in [5.74, 6) is 0. The monoisotopic (exact) mass is 260 g/mol. The Labute approximate surface area is 118 Å². The van der Waals surface area contributed by atoms with Gasteiger partial charge in [-0.2, -0.15) is 5.26 Å². The van der Waals surface area contributed by atoms with E-state index in [0.717, 1.165) is 23.0 Å². The van der Waals surface area contributed by atoms with Gasteiger partial charge < -0.3 is 9.47 Å². The van der Waals surface area contributed by atoms with Gasteiger partial charge in [0.15, 0.2) is 0 Å². The average Bonchev–Trinajstić information content (AvgIpc) is 2.73. The van der Waals surface area contributed by atoms with Gasteiger partial charge in [0.1, 0.15) is 0 Å². The zero-order chi connectivity index (χ0) is 14.6. The lowest BCUT2D eigenvalue weighted by atomic mass is 9.67. The van der Waals surface area contributed by atoms with Gasteiger partial charge in [-0.25, -0.2) is 0 Å². The average molecular weight is 260 g/mol. The van der Waals surface area contributed by atoms with E-state index in [4.69, 9.17) is 4.65 Å². The molecule has 0 saturated carbocycles. The minimum absolute atomic E-state index is 0.0507. The molecule has 0 aliphatic carbocycles. The second-order valence-corrected chi connectivity index (χ2v) is 5.88. The van der Waals surface area contributed by atoms with Crippen molar-refractivity contribution in [3.63, 3.8) is 0 Å². The number of allylic oxidation sites excluding steroid dienone is 3. The van der Waals surface area contributed by atoms with Crippen LogP contribution in [0.4, 0.5) is 0 Å². The quantitative estimate of drug-likeness (QED) is 0.574. The molecule has 0 radical (unpaired) electrons. The molecule has 1 aliphatic heterocycles. The molecule has 3 nitrogen and oxygen atoms in total. The molecule has 0 atom stereocenters. The zero-order valence-corrected chi connectivity index (χ0v) is 13.0. The number of nitrogens with zero attached hydrogens (tertiary/aromatic N) is 2. The van der Waals surface area contributed by atoms with Crippen LogP contribution in [0.2, 0.25) is 0 Å². The van der Waals surface area contributed by atoms with E-state index in [1.54, 1.807) is 0 Å². The molecule has 0 amide bonds. The maximum atomic E-state index is 9.39. The number of hydrogen-bond acceptors (Lipinski definition) is 3. The molecule has 19 heavy (non-hydrogen) atoms. The van der Waals surface area contributed by atoms with Crippen molar-refractivity contribution in [2.45, 2.75) is 60.0 Å². The van der Waals surface area contributed by atoms with Gasteiger partial charge in [-0.05, 0) is 43.9 Å². The molecule has 0 unspecified atom stereocenters. The van der Waals surface area contributed by atoms with Crippen molar-refractivity contribution in [3.05, 3.63) is 22.7 Å². The lowest BCUT2D eigenvalue weighted by Gasteiger charge is -2.33. The number of nitriles is 1. The van der Waals surface area contributed by atoms with E-state index in [0.29, 0.717) is 18.7 Å². The highest BCUT2D eigenvalue weighted by molar-refractivity contribution is 6.58. The maximum absolute atomic E-state index is 9.39. The Morgan fingerprint density at radius 3 is 2.32 bits per heavy atom. The van der Waals surface area contributed by atoms with E-state index < -0.39 is 0 Å². The molecule has 0 bridgehead atoms. The second-order valence-electron chi connectivity index (χ2n) is 5.88. The summed E-state index contributed by atoms with van der Waals surface area (Å²) in [5, 5.41) is 9.39. The van der Waals surface area contributed by atoms with E-state index in [1.807, 2.05) is 19.9 Å². The molecule has 0 N–H and O–H groups in total. The fraction of sp³-hybridized carbons (Fsp3) is 0.667. The predicted octanol–water partition coefficient (Wildman–Crippen LogP) is 3.34. The van der Waals surface area contributed by atoms with Crippen molar-refractivity contribution in [3.8, 4) is 6.07 Å². The highest BCUT2D eigenvalue weighted by Crippen LogP contribution is 2.27. The Morgan fingerprint density at radius 1 is 1.32 bits per heavy atom. The third-order valence-corrected chi connectivity index (χ3v) is 3.31. The topological polar surface area (TPSA) is 36.3 Å². The SMILES string of the molecule is CC(C)=C/C(C#N)=C1\CCOB1N(C(C)C)C(C)C. The standard InChI is InChI=1S/C15H25BN2O/c1-11(2)9-14(10-17)15-7-8-19-16(15)18(12(3)4)13(5)6/h9,12-13H,7-8H2,1-6H3/b15-14-. The number of hydrogen-bond donors (Lipinski definition) is 0. The molecule has 0 aromatic heterocycles. The van der Waals surface area contributed by atoms with Gasteiger partial charge in [0.05, 0.1) is 6.07 Å². The van der Waals surface area contributed by atoms with Gasteiger partial charge in [0.2, 0.25) is 0 Å². The van der Waals surface area contributed by atoms with Crippen LogP contribution in [0.15, 0.2) is 22.7 Å².